The van der Waals surface area contributed by atoms with Crippen molar-refractivity contribution in [2.24, 2.45) is 0 Å². The smallest absolute Gasteiger partial charge is 0.122 e. The Morgan fingerprint density at radius 1 is 1.40 bits per heavy atom. The van der Waals surface area contributed by atoms with Gasteiger partial charge in [0.15, 0.2) is 0 Å². The van der Waals surface area contributed by atoms with Gasteiger partial charge in [0.1, 0.15) is 11.4 Å². The van der Waals surface area contributed by atoms with E-state index >= 15 is 0 Å². The zero-order valence-corrected chi connectivity index (χ0v) is 9.60. The zero-order valence-electron chi connectivity index (χ0n) is 9.60. The Labute approximate surface area is 90.0 Å². The maximum Gasteiger partial charge on any atom is 0.122 e. The van der Waals surface area contributed by atoms with Gasteiger partial charge >= 0.3 is 0 Å². The van der Waals surface area contributed by atoms with Crippen molar-refractivity contribution in [3.63, 3.8) is 0 Å². The first kappa shape index (κ1) is 12.1. The van der Waals surface area contributed by atoms with Crippen molar-refractivity contribution in [1.29, 1.82) is 0 Å². The number of nitrogens with zero attached hydrogens (tertiary/aromatic N) is 3. The molecule has 0 atom stereocenters. The fourth-order valence-corrected chi connectivity index (χ4v) is 1.38. The molecule has 0 fully saturated rings. The van der Waals surface area contributed by atoms with Gasteiger partial charge in [-0.1, -0.05) is 10.3 Å². The molecule has 0 amide bonds. The second-order valence-corrected chi connectivity index (χ2v) is 3.94. The van der Waals surface area contributed by atoms with E-state index in [-0.39, 0.29) is 6.61 Å². The van der Waals surface area contributed by atoms with E-state index in [4.69, 9.17) is 5.11 Å². The molecular weight excluding hydrogens is 194 g/mol. The summed E-state index contributed by atoms with van der Waals surface area (Å²) in [7, 11) is 0. The van der Waals surface area contributed by atoms with Gasteiger partial charge < -0.3 is 5.11 Å². The van der Waals surface area contributed by atoms with Crippen molar-refractivity contribution in [2.75, 3.05) is 13.2 Å². The lowest BCUT2D eigenvalue weighted by Gasteiger charge is -2.24. The first-order valence-corrected chi connectivity index (χ1v) is 5.28. The minimum atomic E-state index is 0.221. The molecule has 86 valence electrons. The van der Waals surface area contributed by atoms with Gasteiger partial charge in [-0.25, -0.2) is 4.63 Å². The highest BCUT2D eigenvalue weighted by atomic mass is 16.6. The van der Waals surface area contributed by atoms with Crippen molar-refractivity contribution in [3.05, 3.63) is 11.4 Å². The lowest BCUT2D eigenvalue weighted by molar-refractivity contribution is 0.180. The molecule has 1 aromatic rings. The highest BCUT2D eigenvalue weighted by molar-refractivity contribution is 5.04. The Bertz CT molecular complexity index is 286. The molecule has 0 radical (unpaired) electrons. The minimum Gasteiger partial charge on any atom is -0.396 e. The Morgan fingerprint density at radius 2 is 2.13 bits per heavy atom. The van der Waals surface area contributed by atoms with Crippen molar-refractivity contribution in [2.45, 2.75) is 39.8 Å². The lowest BCUT2D eigenvalue weighted by Crippen LogP contribution is -2.32. The van der Waals surface area contributed by atoms with Crippen LogP contribution in [0.25, 0.3) is 0 Å². The number of rotatable bonds is 6. The highest BCUT2D eigenvalue weighted by Crippen LogP contribution is 2.09. The summed E-state index contributed by atoms with van der Waals surface area (Å²) in [6, 6.07) is 0.424. The van der Waals surface area contributed by atoms with Gasteiger partial charge in [-0.05, 0) is 27.2 Å². The van der Waals surface area contributed by atoms with Crippen LogP contribution < -0.4 is 0 Å². The van der Waals surface area contributed by atoms with Crippen LogP contribution in [-0.2, 0) is 6.54 Å². The van der Waals surface area contributed by atoms with Crippen molar-refractivity contribution >= 4 is 0 Å². The number of aliphatic hydroxyl groups excluding tert-OH is 1. The van der Waals surface area contributed by atoms with Crippen molar-refractivity contribution in [1.82, 2.24) is 15.2 Å². The summed E-state index contributed by atoms with van der Waals surface area (Å²) in [6.07, 6.45) is 0.780. The summed E-state index contributed by atoms with van der Waals surface area (Å²) in [4.78, 5) is 2.24. The van der Waals surface area contributed by atoms with Crippen LogP contribution in [-0.4, -0.2) is 39.5 Å². The van der Waals surface area contributed by atoms with Crippen LogP contribution in [0, 0.1) is 6.92 Å². The summed E-state index contributed by atoms with van der Waals surface area (Å²) in [5.74, 6) is 0. The largest absolute Gasteiger partial charge is 0.396 e. The third-order valence-corrected chi connectivity index (χ3v) is 2.43. The monoisotopic (exact) mass is 213 g/mol. The van der Waals surface area contributed by atoms with Crippen LogP contribution in [0.4, 0.5) is 0 Å². The van der Waals surface area contributed by atoms with E-state index < -0.39 is 0 Å². The van der Waals surface area contributed by atoms with E-state index in [1.165, 1.54) is 0 Å². The molecule has 0 bridgehead atoms. The molecule has 0 spiro atoms. The molecule has 0 aliphatic carbocycles. The molecular formula is C10H19N3O2. The Kier molecular flexibility index (Phi) is 4.71. The molecule has 1 heterocycles. The summed E-state index contributed by atoms with van der Waals surface area (Å²) in [6.45, 7) is 7.95. The molecule has 1 rings (SSSR count). The van der Waals surface area contributed by atoms with Crippen LogP contribution in [0.3, 0.4) is 0 Å². The quantitative estimate of drug-likeness (QED) is 0.763. The zero-order chi connectivity index (χ0) is 11.3. The van der Waals surface area contributed by atoms with Gasteiger partial charge in [0.2, 0.25) is 0 Å². The van der Waals surface area contributed by atoms with Crippen LogP contribution in [0.2, 0.25) is 0 Å². The maximum absolute atomic E-state index is 8.80. The third kappa shape index (κ3) is 3.60. The number of aliphatic hydroxyl groups is 1. The molecule has 1 aromatic heterocycles. The maximum atomic E-state index is 8.80. The molecule has 1 N–H and O–H groups in total. The van der Waals surface area contributed by atoms with Gasteiger partial charge in [0, 0.05) is 25.7 Å². The fraction of sp³-hybridized carbons (Fsp3) is 0.800. The number of hydrogen-bond donors (Lipinski definition) is 1. The minimum absolute atomic E-state index is 0.221. The van der Waals surface area contributed by atoms with E-state index in [0.29, 0.717) is 6.04 Å². The molecule has 0 aromatic carbocycles. The SMILES string of the molecule is Cc1nonc1CN(CCCO)C(C)C. The van der Waals surface area contributed by atoms with Crippen molar-refractivity contribution in [3.8, 4) is 0 Å². The van der Waals surface area contributed by atoms with Crippen LogP contribution in [0.5, 0.6) is 0 Å². The van der Waals surface area contributed by atoms with E-state index in [0.717, 1.165) is 30.9 Å². The molecule has 0 saturated carbocycles. The van der Waals surface area contributed by atoms with Gasteiger partial charge in [0.05, 0.1) is 0 Å². The van der Waals surface area contributed by atoms with Gasteiger partial charge in [0.25, 0.3) is 0 Å². The Balaban J connectivity index is 2.54. The average molecular weight is 213 g/mol. The highest BCUT2D eigenvalue weighted by Gasteiger charge is 2.14. The summed E-state index contributed by atoms with van der Waals surface area (Å²) in [5.41, 5.74) is 1.71. The molecule has 15 heavy (non-hydrogen) atoms. The van der Waals surface area contributed by atoms with Crippen LogP contribution >= 0.6 is 0 Å². The summed E-state index contributed by atoms with van der Waals surface area (Å²) >= 11 is 0. The molecule has 0 aliphatic rings. The second kappa shape index (κ2) is 5.82. The predicted molar refractivity (Wildman–Crippen MR) is 56.3 cm³/mol. The van der Waals surface area contributed by atoms with Crippen LogP contribution in [0.1, 0.15) is 31.7 Å². The predicted octanol–water partition coefficient (Wildman–Crippen LogP) is 0.971. The lowest BCUT2D eigenvalue weighted by atomic mass is 10.2. The Morgan fingerprint density at radius 3 is 2.60 bits per heavy atom. The van der Waals surface area contributed by atoms with Gasteiger partial charge in [-0.3, -0.25) is 4.90 Å². The van der Waals surface area contributed by atoms with E-state index in [9.17, 15) is 0 Å². The standard InChI is InChI=1S/C10H19N3O2/c1-8(2)13(5-4-6-14)7-10-9(3)11-15-12-10/h8,14H,4-7H2,1-3H3. The van der Waals surface area contributed by atoms with Gasteiger partial charge in [-0.15, -0.1) is 0 Å². The molecule has 0 saturated heterocycles. The molecule has 5 heteroatoms. The molecule has 5 nitrogen and oxygen atoms in total. The van der Waals surface area contributed by atoms with Crippen LogP contribution in [0.15, 0.2) is 4.63 Å². The first-order chi connectivity index (χ1) is 7.15. The molecule has 0 aliphatic heterocycles. The second-order valence-electron chi connectivity index (χ2n) is 3.94. The van der Waals surface area contributed by atoms with E-state index in [1.54, 1.807) is 0 Å². The fourth-order valence-electron chi connectivity index (χ4n) is 1.38. The third-order valence-electron chi connectivity index (χ3n) is 2.43. The van der Waals surface area contributed by atoms with E-state index in [2.05, 4.69) is 33.7 Å². The topological polar surface area (TPSA) is 62.4 Å². The van der Waals surface area contributed by atoms with Gasteiger partial charge in [-0.2, -0.15) is 0 Å². The average Bonchev–Trinajstić information content (AvgIpc) is 2.58. The summed E-state index contributed by atoms with van der Waals surface area (Å²) < 4.78 is 4.65. The molecule has 0 unspecified atom stereocenters. The first-order valence-electron chi connectivity index (χ1n) is 5.28. The number of aryl methyl sites for hydroxylation is 1. The Hall–Kier alpha value is -0.940. The number of aromatic nitrogens is 2. The van der Waals surface area contributed by atoms with E-state index in [1.807, 2.05) is 6.92 Å². The van der Waals surface area contributed by atoms with Crippen molar-refractivity contribution < 1.29 is 9.74 Å². The number of hydrogen-bond acceptors (Lipinski definition) is 5. The summed E-state index contributed by atoms with van der Waals surface area (Å²) in [5, 5.41) is 16.4. The normalized spacial score (nSPS) is 11.6.